The van der Waals surface area contributed by atoms with Crippen molar-refractivity contribution < 1.29 is 4.79 Å². The van der Waals surface area contributed by atoms with E-state index in [-0.39, 0.29) is 17.2 Å². The van der Waals surface area contributed by atoms with Crippen LogP contribution >= 0.6 is 0 Å². The Labute approximate surface area is 109 Å². The van der Waals surface area contributed by atoms with Gasteiger partial charge in [-0.15, -0.1) is 6.58 Å². The zero-order chi connectivity index (χ0) is 13.0. The molecule has 1 amide bonds. The van der Waals surface area contributed by atoms with Crippen molar-refractivity contribution in [1.82, 2.24) is 5.32 Å². The van der Waals surface area contributed by atoms with E-state index in [1.165, 1.54) is 5.56 Å². The van der Waals surface area contributed by atoms with E-state index in [1.807, 2.05) is 12.1 Å². The van der Waals surface area contributed by atoms with Gasteiger partial charge in [0, 0.05) is 18.4 Å². The number of carbonyl (C=O) groups is 1. The first-order valence-electron chi connectivity index (χ1n) is 6.62. The first kappa shape index (κ1) is 12.9. The average molecular weight is 243 g/mol. The van der Waals surface area contributed by atoms with Gasteiger partial charge >= 0.3 is 0 Å². The number of hydrogen-bond donors (Lipinski definition) is 1. The molecule has 2 rings (SSSR count). The standard InChI is InChI=1S/C16H21NO/c1-3-11-16(13-8-5-4-6-9-13)12-7-10-14(16)15(18)17-2/h3-6,8-9,14H,1,7,10-12H2,2H3,(H,17,18). The van der Waals surface area contributed by atoms with Crippen LogP contribution in [0.25, 0.3) is 0 Å². The lowest BCUT2D eigenvalue weighted by Gasteiger charge is -2.34. The molecule has 0 heterocycles. The molecule has 1 aliphatic carbocycles. The maximum Gasteiger partial charge on any atom is 0.223 e. The van der Waals surface area contributed by atoms with Crippen LogP contribution in [0.2, 0.25) is 0 Å². The number of benzene rings is 1. The van der Waals surface area contributed by atoms with Gasteiger partial charge in [-0.1, -0.05) is 42.8 Å². The number of hydrogen-bond acceptors (Lipinski definition) is 1. The zero-order valence-electron chi connectivity index (χ0n) is 11.0. The van der Waals surface area contributed by atoms with Gasteiger partial charge in [0.2, 0.25) is 5.91 Å². The highest BCUT2D eigenvalue weighted by molar-refractivity contribution is 5.80. The quantitative estimate of drug-likeness (QED) is 0.809. The Bertz CT molecular complexity index is 426. The molecule has 1 N–H and O–H groups in total. The lowest BCUT2D eigenvalue weighted by atomic mass is 9.69. The molecule has 0 aromatic heterocycles. The lowest BCUT2D eigenvalue weighted by molar-refractivity contribution is -0.126. The normalized spacial score (nSPS) is 26.8. The SMILES string of the molecule is C=CCC1(c2ccccc2)CCCC1C(=O)NC. The Morgan fingerprint density at radius 2 is 2.22 bits per heavy atom. The monoisotopic (exact) mass is 243 g/mol. The number of carbonyl (C=O) groups excluding carboxylic acids is 1. The molecule has 0 radical (unpaired) electrons. The number of nitrogens with one attached hydrogen (secondary N) is 1. The van der Waals surface area contributed by atoms with Gasteiger partial charge in [-0.2, -0.15) is 0 Å². The molecular weight excluding hydrogens is 222 g/mol. The molecule has 0 saturated heterocycles. The minimum atomic E-state index is -0.0525. The maximum absolute atomic E-state index is 12.1. The van der Waals surface area contributed by atoms with Crippen molar-refractivity contribution in [2.75, 3.05) is 7.05 Å². The minimum absolute atomic E-state index is 0.0525. The summed E-state index contributed by atoms with van der Waals surface area (Å²) in [7, 11) is 1.73. The van der Waals surface area contributed by atoms with Gasteiger partial charge in [0.25, 0.3) is 0 Å². The Morgan fingerprint density at radius 1 is 1.50 bits per heavy atom. The summed E-state index contributed by atoms with van der Waals surface area (Å²) in [5.74, 6) is 0.237. The van der Waals surface area contributed by atoms with Crippen LogP contribution < -0.4 is 5.32 Å². The van der Waals surface area contributed by atoms with Gasteiger partial charge in [-0.25, -0.2) is 0 Å². The van der Waals surface area contributed by atoms with Gasteiger partial charge in [0.1, 0.15) is 0 Å². The van der Waals surface area contributed by atoms with Crippen molar-refractivity contribution in [1.29, 1.82) is 0 Å². The molecule has 2 unspecified atom stereocenters. The molecule has 2 atom stereocenters. The third kappa shape index (κ3) is 2.07. The van der Waals surface area contributed by atoms with Crippen LogP contribution in [-0.4, -0.2) is 13.0 Å². The van der Waals surface area contributed by atoms with Crippen LogP contribution in [0.1, 0.15) is 31.2 Å². The fourth-order valence-electron chi connectivity index (χ4n) is 3.36. The molecule has 2 nitrogen and oxygen atoms in total. The molecule has 1 aromatic rings. The molecule has 1 fully saturated rings. The van der Waals surface area contributed by atoms with Crippen LogP contribution in [0.3, 0.4) is 0 Å². The number of amides is 1. The molecule has 1 aliphatic rings. The van der Waals surface area contributed by atoms with Crippen molar-refractivity contribution in [2.24, 2.45) is 5.92 Å². The van der Waals surface area contributed by atoms with E-state index < -0.39 is 0 Å². The van der Waals surface area contributed by atoms with Gasteiger partial charge < -0.3 is 5.32 Å². The molecule has 0 aliphatic heterocycles. The summed E-state index contributed by atoms with van der Waals surface area (Å²) in [6, 6.07) is 10.4. The molecular formula is C16H21NO. The van der Waals surface area contributed by atoms with Gasteiger partial charge in [-0.05, 0) is 24.8 Å². The van der Waals surface area contributed by atoms with Crippen LogP contribution in [0, 0.1) is 5.92 Å². The minimum Gasteiger partial charge on any atom is -0.359 e. The van der Waals surface area contributed by atoms with E-state index in [0.29, 0.717) is 0 Å². The van der Waals surface area contributed by atoms with E-state index in [4.69, 9.17) is 0 Å². The lowest BCUT2D eigenvalue weighted by Crippen LogP contribution is -2.40. The smallest absolute Gasteiger partial charge is 0.223 e. The van der Waals surface area contributed by atoms with E-state index in [1.54, 1.807) is 7.05 Å². The summed E-state index contributed by atoms with van der Waals surface area (Å²) >= 11 is 0. The third-order valence-corrected chi connectivity index (χ3v) is 4.20. The first-order valence-corrected chi connectivity index (χ1v) is 6.62. The van der Waals surface area contributed by atoms with Crippen molar-refractivity contribution in [2.45, 2.75) is 31.1 Å². The third-order valence-electron chi connectivity index (χ3n) is 4.20. The van der Waals surface area contributed by atoms with Crippen LogP contribution in [0.15, 0.2) is 43.0 Å². The van der Waals surface area contributed by atoms with Gasteiger partial charge in [0.15, 0.2) is 0 Å². The first-order chi connectivity index (χ1) is 8.74. The zero-order valence-corrected chi connectivity index (χ0v) is 11.0. The molecule has 1 aromatic carbocycles. The topological polar surface area (TPSA) is 29.1 Å². The average Bonchev–Trinajstić information content (AvgIpc) is 2.84. The summed E-state index contributed by atoms with van der Waals surface area (Å²) in [5, 5.41) is 2.82. The Hall–Kier alpha value is -1.57. The van der Waals surface area contributed by atoms with E-state index in [2.05, 4.69) is 36.2 Å². The predicted molar refractivity (Wildman–Crippen MR) is 74.3 cm³/mol. The Kier molecular flexibility index (Phi) is 3.85. The second kappa shape index (κ2) is 5.38. The summed E-state index contributed by atoms with van der Waals surface area (Å²) in [6.45, 7) is 3.88. The highest BCUT2D eigenvalue weighted by Gasteiger charge is 2.46. The van der Waals surface area contributed by atoms with Crippen molar-refractivity contribution in [3.8, 4) is 0 Å². The predicted octanol–water partition coefficient (Wildman–Crippen LogP) is 3.05. The summed E-state index contributed by atoms with van der Waals surface area (Å²) in [5.41, 5.74) is 1.22. The molecule has 1 saturated carbocycles. The van der Waals surface area contributed by atoms with E-state index in [0.717, 1.165) is 25.7 Å². The Balaban J connectivity index is 2.43. The van der Waals surface area contributed by atoms with Gasteiger partial charge in [0.05, 0.1) is 0 Å². The fourth-order valence-corrected chi connectivity index (χ4v) is 3.36. The fraction of sp³-hybridized carbons (Fsp3) is 0.438. The maximum atomic E-state index is 12.1. The van der Waals surface area contributed by atoms with Gasteiger partial charge in [-0.3, -0.25) is 4.79 Å². The van der Waals surface area contributed by atoms with Crippen molar-refractivity contribution >= 4 is 5.91 Å². The van der Waals surface area contributed by atoms with Crippen molar-refractivity contribution in [3.63, 3.8) is 0 Å². The molecule has 0 spiro atoms. The van der Waals surface area contributed by atoms with Crippen LogP contribution in [0.5, 0.6) is 0 Å². The highest BCUT2D eigenvalue weighted by atomic mass is 16.1. The number of rotatable bonds is 4. The highest BCUT2D eigenvalue weighted by Crippen LogP contribution is 2.48. The largest absolute Gasteiger partial charge is 0.359 e. The summed E-state index contributed by atoms with van der Waals surface area (Å²) in [6.07, 6.45) is 5.98. The van der Waals surface area contributed by atoms with Crippen molar-refractivity contribution in [3.05, 3.63) is 48.6 Å². The molecule has 96 valence electrons. The number of allylic oxidation sites excluding steroid dienone is 1. The van der Waals surface area contributed by atoms with E-state index in [9.17, 15) is 4.79 Å². The molecule has 18 heavy (non-hydrogen) atoms. The molecule has 2 heteroatoms. The second-order valence-corrected chi connectivity index (χ2v) is 5.07. The second-order valence-electron chi connectivity index (χ2n) is 5.07. The van der Waals surface area contributed by atoms with Crippen LogP contribution in [0.4, 0.5) is 0 Å². The molecule has 0 bridgehead atoms. The summed E-state index contributed by atoms with van der Waals surface area (Å²) in [4.78, 5) is 12.1. The Morgan fingerprint density at radius 3 is 2.83 bits per heavy atom. The van der Waals surface area contributed by atoms with Crippen LogP contribution in [-0.2, 0) is 10.2 Å². The van der Waals surface area contributed by atoms with E-state index >= 15 is 0 Å². The summed E-state index contributed by atoms with van der Waals surface area (Å²) < 4.78 is 0.